The van der Waals surface area contributed by atoms with Gasteiger partial charge in [0.1, 0.15) is 0 Å². The second kappa shape index (κ2) is 6.65. The Bertz CT molecular complexity index is 602. The van der Waals surface area contributed by atoms with Crippen molar-refractivity contribution in [1.29, 1.82) is 0 Å². The minimum Gasteiger partial charge on any atom is -0.308 e. The number of alkyl halides is 1. The summed E-state index contributed by atoms with van der Waals surface area (Å²) in [4.78, 5) is 2.40. The Labute approximate surface area is 132 Å². The molecule has 1 aromatic rings. The molecule has 1 aromatic carbocycles. The molecule has 6 heteroatoms. The Morgan fingerprint density at radius 3 is 2.71 bits per heavy atom. The van der Waals surface area contributed by atoms with Crippen molar-refractivity contribution < 1.29 is 8.42 Å². The van der Waals surface area contributed by atoms with Gasteiger partial charge in [0.25, 0.3) is 0 Å². The molecule has 2 rings (SSSR count). The smallest absolute Gasteiger partial charge is 0.243 e. The lowest BCUT2D eigenvalue weighted by Gasteiger charge is -2.26. The van der Waals surface area contributed by atoms with Crippen LogP contribution in [-0.4, -0.2) is 50.8 Å². The SMILES string of the molecule is Cc1ccc(S(=O)(=O)N2CCCC2CN(C)C)cc1CCl. The summed E-state index contributed by atoms with van der Waals surface area (Å²) >= 11 is 5.90. The van der Waals surface area contributed by atoms with Crippen LogP contribution < -0.4 is 0 Å². The van der Waals surface area contributed by atoms with Crippen molar-refractivity contribution in [3.63, 3.8) is 0 Å². The first-order valence-corrected chi connectivity index (χ1v) is 9.16. The van der Waals surface area contributed by atoms with Crippen LogP contribution in [-0.2, 0) is 15.9 Å². The number of rotatable bonds is 5. The highest BCUT2D eigenvalue weighted by Crippen LogP contribution is 2.27. The van der Waals surface area contributed by atoms with Gasteiger partial charge in [-0.15, -0.1) is 11.6 Å². The average Bonchev–Trinajstić information content (AvgIpc) is 2.87. The minimum atomic E-state index is -3.43. The van der Waals surface area contributed by atoms with Gasteiger partial charge in [0.15, 0.2) is 0 Å². The Hall–Kier alpha value is -0.620. The normalized spacial score (nSPS) is 20.3. The monoisotopic (exact) mass is 330 g/mol. The van der Waals surface area contributed by atoms with Gasteiger partial charge >= 0.3 is 0 Å². The van der Waals surface area contributed by atoms with Crippen LogP contribution in [0.4, 0.5) is 0 Å². The maximum absolute atomic E-state index is 12.9. The molecule has 118 valence electrons. The molecule has 1 aliphatic rings. The molecule has 0 bridgehead atoms. The molecule has 0 spiro atoms. The van der Waals surface area contributed by atoms with Crippen molar-refractivity contribution in [2.24, 2.45) is 0 Å². The third-order valence-corrected chi connectivity index (χ3v) is 6.21. The summed E-state index contributed by atoms with van der Waals surface area (Å²) in [6.45, 7) is 3.30. The van der Waals surface area contributed by atoms with Crippen LogP contribution in [0.2, 0.25) is 0 Å². The van der Waals surface area contributed by atoms with Crippen LogP contribution in [0.5, 0.6) is 0 Å². The van der Waals surface area contributed by atoms with Crippen molar-refractivity contribution in [2.45, 2.75) is 36.6 Å². The molecule has 0 aliphatic carbocycles. The van der Waals surface area contributed by atoms with E-state index in [-0.39, 0.29) is 6.04 Å². The molecule has 4 nitrogen and oxygen atoms in total. The molecule has 1 saturated heterocycles. The Morgan fingerprint density at radius 2 is 2.10 bits per heavy atom. The van der Waals surface area contributed by atoms with Crippen molar-refractivity contribution in [3.05, 3.63) is 29.3 Å². The van der Waals surface area contributed by atoms with Crippen molar-refractivity contribution in [3.8, 4) is 0 Å². The van der Waals surface area contributed by atoms with Gasteiger partial charge in [-0.1, -0.05) is 6.07 Å². The van der Waals surface area contributed by atoms with Gasteiger partial charge in [-0.25, -0.2) is 8.42 Å². The molecule has 1 aliphatic heterocycles. The van der Waals surface area contributed by atoms with Gasteiger partial charge in [0, 0.05) is 25.0 Å². The number of hydrogen-bond acceptors (Lipinski definition) is 3. The first-order valence-electron chi connectivity index (χ1n) is 7.18. The zero-order valence-electron chi connectivity index (χ0n) is 12.8. The number of benzene rings is 1. The molecule has 1 atom stereocenters. The number of aryl methyl sites for hydroxylation is 1. The molecule has 1 unspecified atom stereocenters. The summed E-state index contributed by atoms with van der Waals surface area (Å²) in [6, 6.07) is 5.29. The van der Waals surface area contributed by atoms with Gasteiger partial charge in [-0.05, 0) is 57.1 Å². The fourth-order valence-electron chi connectivity index (χ4n) is 2.82. The van der Waals surface area contributed by atoms with Crippen LogP contribution in [0.15, 0.2) is 23.1 Å². The molecule has 0 aromatic heterocycles. The molecule has 21 heavy (non-hydrogen) atoms. The van der Waals surface area contributed by atoms with Gasteiger partial charge in [-0.3, -0.25) is 0 Å². The number of hydrogen-bond donors (Lipinski definition) is 0. The van der Waals surface area contributed by atoms with Gasteiger partial charge < -0.3 is 4.90 Å². The predicted molar refractivity (Wildman–Crippen MR) is 86.2 cm³/mol. The third kappa shape index (κ3) is 3.59. The Morgan fingerprint density at radius 1 is 1.38 bits per heavy atom. The van der Waals surface area contributed by atoms with Crippen LogP contribution in [0, 0.1) is 6.92 Å². The fraction of sp³-hybridized carbons (Fsp3) is 0.600. The summed E-state index contributed by atoms with van der Waals surface area (Å²) in [6.07, 6.45) is 1.84. The van der Waals surface area contributed by atoms with E-state index >= 15 is 0 Å². The summed E-state index contributed by atoms with van der Waals surface area (Å²) in [5.74, 6) is 0.330. The molecule has 0 saturated carbocycles. The van der Waals surface area contributed by atoms with Gasteiger partial charge in [-0.2, -0.15) is 4.31 Å². The first kappa shape index (κ1) is 16.7. The lowest BCUT2D eigenvalue weighted by atomic mass is 10.1. The zero-order chi connectivity index (χ0) is 15.6. The van der Waals surface area contributed by atoms with Gasteiger partial charge in [0.2, 0.25) is 10.0 Å². The second-order valence-electron chi connectivity index (χ2n) is 5.90. The summed E-state index contributed by atoms with van der Waals surface area (Å²) < 4.78 is 27.4. The number of likely N-dealkylation sites (N-methyl/N-ethyl adjacent to an activating group) is 1. The predicted octanol–water partition coefficient (Wildman–Crippen LogP) is 2.45. The van der Waals surface area contributed by atoms with E-state index in [4.69, 9.17) is 11.6 Å². The van der Waals surface area contributed by atoms with Gasteiger partial charge in [0.05, 0.1) is 4.90 Å². The van der Waals surface area contributed by atoms with E-state index in [9.17, 15) is 8.42 Å². The van der Waals surface area contributed by atoms with Crippen molar-refractivity contribution >= 4 is 21.6 Å². The zero-order valence-corrected chi connectivity index (χ0v) is 14.4. The quantitative estimate of drug-likeness (QED) is 0.779. The summed E-state index contributed by atoms with van der Waals surface area (Å²) in [5.41, 5.74) is 1.90. The number of nitrogens with zero attached hydrogens (tertiary/aromatic N) is 2. The Kier molecular flexibility index (Phi) is 5.30. The third-order valence-electron chi connectivity index (χ3n) is 3.97. The summed E-state index contributed by atoms with van der Waals surface area (Å²) in [7, 11) is 0.511. The topological polar surface area (TPSA) is 40.6 Å². The van der Waals surface area contributed by atoms with E-state index in [2.05, 4.69) is 0 Å². The van der Waals surface area contributed by atoms with Crippen LogP contribution in [0.1, 0.15) is 24.0 Å². The molecule has 0 radical (unpaired) electrons. The highest BCUT2D eigenvalue weighted by molar-refractivity contribution is 7.89. The van der Waals surface area contributed by atoms with E-state index in [0.717, 1.165) is 30.5 Å². The maximum Gasteiger partial charge on any atom is 0.243 e. The standard InChI is InChI=1S/C15H23ClN2O2S/c1-12-6-7-15(9-13(12)10-16)21(19,20)18-8-4-5-14(18)11-17(2)3/h6-7,9,14H,4-5,8,10-11H2,1-3H3. The Balaban J connectivity index is 2.33. The van der Waals surface area contributed by atoms with E-state index in [0.29, 0.717) is 17.3 Å². The van der Waals surface area contributed by atoms with E-state index in [1.807, 2.05) is 32.0 Å². The molecule has 1 fully saturated rings. The van der Waals surface area contributed by atoms with Crippen LogP contribution >= 0.6 is 11.6 Å². The fourth-order valence-corrected chi connectivity index (χ4v) is 4.84. The molecule has 0 amide bonds. The number of halogens is 1. The number of sulfonamides is 1. The molecular weight excluding hydrogens is 308 g/mol. The lowest BCUT2D eigenvalue weighted by Crippen LogP contribution is -2.41. The molecular formula is C15H23ClN2O2S. The lowest BCUT2D eigenvalue weighted by molar-refractivity contribution is 0.291. The van der Waals surface area contributed by atoms with Crippen LogP contribution in [0.25, 0.3) is 0 Å². The van der Waals surface area contributed by atoms with E-state index in [1.54, 1.807) is 16.4 Å². The first-order chi connectivity index (χ1) is 9.86. The van der Waals surface area contributed by atoms with Crippen molar-refractivity contribution in [1.82, 2.24) is 9.21 Å². The largest absolute Gasteiger partial charge is 0.308 e. The molecule has 0 N–H and O–H groups in total. The van der Waals surface area contributed by atoms with Crippen molar-refractivity contribution in [2.75, 3.05) is 27.2 Å². The van der Waals surface area contributed by atoms with E-state index < -0.39 is 10.0 Å². The highest BCUT2D eigenvalue weighted by Gasteiger charge is 2.35. The average molecular weight is 331 g/mol. The minimum absolute atomic E-state index is 0.0609. The maximum atomic E-state index is 12.9. The molecule has 1 heterocycles. The highest BCUT2D eigenvalue weighted by atomic mass is 35.5. The second-order valence-corrected chi connectivity index (χ2v) is 8.05. The van der Waals surface area contributed by atoms with Crippen LogP contribution in [0.3, 0.4) is 0 Å². The van der Waals surface area contributed by atoms with E-state index in [1.165, 1.54) is 0 Å². The summed E-state index contributed by atoms with van der Waals surface area (Å²) in [5, 5.41) is 0.